The lowest BCUT2D eigenvalue weighted by atomic mass is 9.79. The third kappa shape index (κ3) is 5.49. The molecule has 1 heterocycles. The van der Waals surface area contributed by atoms with Crippen LogP contribution in [0.2, 0.25) is 0 Å². The monoisotopic (exact) mass is 312 g/mol. The van der Waals surface area contributed by atoms with Crippen molar-refractivity contribution in [1.29, 1.82) is 0 Å². The molecule has 0 aromatic heterocycles. The van der Waals surface area contributed by atoms with Crippen LogP contribution in [0.15, 0.2) is 24.1 Å². The zero-order valence-corrected chi connectivity index (χ0v) is 13.8. The molecule has 0 radical (unpaired) electrons. The number of halogens is 2. The molecule has 22 heavy (non-hydrogen) atoms. The van der Waals surface area contributed by atoms with Crippen molar-refractivity contribution in [2.75, 3.05) is 13.3 Å². The van der Waals surface area contributed by atoms with Gasteiger partial charge >= 0.3 is 0 Å². The van der Waals surface area contributed by atoms with E-state index in [1.165, 1.54) is 38.5 Å². The van der Waals surface area contributed by atoms with E-state index in [2.05, 4.69) is 19.1 Å². The summed E-state index contributed by atoms with van der Waals surface area (Å²) < 4.78 is 31.1. The van der Waals surface area contributed by atoms with Crippen molar-refractivity contribution < 1.29 is 13.5 Å². The highest BCUT2D eigenvalue weighted by Crippen LogP contribution is 2.33. The highest BCUT2D eigenvalue weighted by Gasteiger charge is 2.24. The van der Waals surface area contributed by atoms with Crippen LogP contribution in [-0.2, 0) is 4.74 Å². The predicted octanol–water partition coefficient (Wildman–Crippen LogP) is 5.77. The first-order valence-electron chi connectivity index (χ1n) is 8.94. The Kier molecular flexibility index (Phi) is 7.57. The van der Waals surface area contributed by atoms with Crippen molar-refractivity contribution in [3.05, 3.63) is 24.1 Å². The Morgan fingerprint density at radius 3 is 2.32 bits per heavy atom. The van der Waals surface area contributed by atoms with Gasteiger partial charge in [0.25, 0.3) is 0 Å². The van der Waals surface area contributed by atoms with E-state index in [-0.39, 0.29) is 0 Å². The fourth-order valence-corrected chi connectivity index (χ4v) is 3.74. The molecule has 1 aliphatic carbocycles. The first-order chi connectivity index (χ1) is 10.7. The quantitative estimate of drug-likeness (QED) is 0.566. The molecular weight excluding hydrogens is 282 g/mol. The van der Waals surface area contributed by atoms with Crippen LogP contribution in [0.1, 0.15) is 58.3 Å². The Morgan fingerprint density at radius 1 is 1.05 bits per heavy atom. The van der Waals surface area contributed by atoms with Gasteiger partial charge in [-0.05, 0) is 56.4 Å². The smallest absolute Gasteiger partial charge is 0.127 e. The number of hydrogen-bond acceptors (Lipinski definition) is 1. The largest absolute Gasteiger partial charge is 0.371 e. The second kappa shape index (κ2) is 9.44. The van der Waals surface area contributed by atoms with Gasteiger partial charge in [0.1, 0.15) is 18.6 Å². The van der Waals surface area contributed by atoms with E-state index < -0.39 is 18.6 Å². The van der Waals surface area contributed by atoms with Crippen LogP contribution < -0.4 is 0 Å². The summed E-state index contributed by atoms with van der Waals surface area (Å²) >= 11 is 0. The second-order valence-corrected chi connectivity index (χ2v) is 6.86. The van der Waals surface area contributed by atoms with E-state index >= 15 is 0 Å². The second-order valence-electron chi connectivity index (χ2n) is 6.86. The molecule has 3 heteroatoms. The number of allylic oxidation sites excluding steroid dienone is 2. The minimum Gasteiger partial charge on any atom is -0.371 e. The third-order valence-corrected chi connectivity index (χ3v) is 5.13. The normalized spacial score (nSPS) is 34.2. The van der Waals surface area contributed by atoms with E-state index in [1.807, 2.05) is 0 Å². The fraction of sp³-hybridized carbons (Fsp3) is 0.789. The van der Waals surface area contributed by atoms with E-state index in [1.54, 1.807) is 0 Å². The average Bonchev–Trinajstić information content (AvgIpc) is 2.55. The molecule has 2 aliphatic rings. The van der Waals surface area contributed by atoms with Gasteiger partial charge < -0.3 is 4.74 Å². The molecule has 0 N–H and O–H groups in total. The standard InChI is InChI=1S/C19H30F2O/c1-2-3-15-4-6-16(7-5-15)8-9-17-10-11-19(22-14-17)18(21)12-13-20/h8-9,12,15-17,19H,2-7,10-11,13-14H2,1H3/b9-8+,18-12-. The lowest BCUT2D eigenvalue weighted by Crippen LogP contribution is -2.25. The summed E-state index contributed by atoms with van der Waals surface area (Å²) in [5, 5.41) is 0. The SMILES string of the molecule is CCCC1CCC(/C=C/C2CCC(/C(F)=C/CF)OC2)CC1. The molecule has 0 spiro atoms. The van der Waals surface area contributed by atoms with E-state index in [9.17, 15) is 8.78 Å². The molecule has 2 rings (SSSR count). The Hall–Kier alpha value is -0.700. The molecule has 2 unspecified atom stereocenters. The van der Waals surface area contributed by atoms with Gasteiger partial charge in [0.2, 0.25) is 0 Å². The van der Waals surface area contributed by atoms with Gasteiger partial charge in [0.05, 0.1) is 6.61 Å². The molecule has 0 aromatic rings. The minimum absolute atomic E-state index is 0.391. The number of hydrogen-bond donors (Lipinski definition) is 0. The molecular formula is C19H30F2O. The maximum absolute atomic E-state index is 13.5. The van der Waals surface area contributed by atoms with Crippen molar-refractivity contribution in [2.24, 2.45) is 17.8 Å². The molecule has 1 saturated carbocycles. The van der Waals surface area contributed by atoms with Gasteiger partial charge in [-0.3, -0.25) is 0 Å². The number of alkyl halides is 1. The van der Waals surface area contributed by atoms with Crippen molar-refractivity contribution in [1.82, 2.24) is 0 Å². The van der Waals surface area contributed by atoms with Crippen molar-refractivity contribution in [3.63, 3.8) is 0 Å². The average molecular weight is 312 g/mol. The van der Waals surface area contributed by atoms with Crippen molar-refractivity contribution >= 4 is 0 Å². The molecule has 1 saturated heterocycles. The lowest BCUT2D eigenvalue weighted by molar-refractivity contribution is 0.00562. The molecule has 1 aliphatic heterocycles. The van der Waals surface area contributed by atoms with Crippen LogP contribution in [-0.4, -0.2) is 19.4 Å². The van der Waals surface area contributed by atoms with Crippen LogP contribution in [0, 0.1) is 17.8 Å². The Balaban J connectivity index is 1.69. The van der Waals surface area contributed by atoms with Crippen molar-refractivity contribution in [3.8, 4) is 0 Å². The number of ether oxygens (including phenoxy) is 1. The highest BCUT2D eigenvalue weighted by atomic mass is 19.1. The summed E-state index contributed by atoms with van der Waals surface area (Å²) in [6.07, 6.45) is 14.7. The third-order valence-electron chi connectivity index (χ3n) is 5.13. The first kappa shape index (κ1) is 17.7. The topological polar surface area (TPSA) is 9.23 Å². The summed E-state index contributed by atoms with van der Waals surface area (Å²) in [7, 11) is 0. The summed E-state index contributed by atoms with van der Waals surface area (Å²) in [6.45, 7) is 2.07. The van der Waals surface area contributed by atoms with Gasteiger partial charge in [-0.2, -0.15) is 0 Å². The van der Waals surface area contributed by atoms with Crippen molar-refractivity contribution in [2.45, 2.75) is 64.4 Å². The summed E-state index contributed by atoms with van der Waals surface area (Å²) in [6, 6.07) is 0. The predicted molar refractivity (Wildman–Crippen MR) is 87.1 cm³/mol. The Labute approximate surface area is 133 Å². The van der Waals surface area contributed by atoms with Gasteiger partial charge in [-0.15, -0.1) is 0 Å². The Morgan fingerprint density at radius 2 is 1.73 bits per heavy atom. The van der Waals surface area contributed by atoms with Gasteiger partial charge in [0, 0.05) is 5.92 Å². The minimum atomic E-state index is -0.754. The first-order valence-corrected chi connectivity index (χ1v) is 8.94. The lowest BCUT2D eigenvalue weighted by Gasteiger charge is -2.28. The number of rotatable bonds is 6. The summed E-state index contributed by atoms with van der Waals surface area (Å²) in [5.41, 5.74) is 0. The van der Waals surface area contributed by atoms with Crippen LogP contribution in [0.25, 0.3) is 0 Å². The maximum atomic E-state index is 13.5. The molecule has 1 nitrogen and oxygen atoms in total. The highest BCUT2D eigenvalue weighted by molar-refractivity contribution is 5.03. The fourth-order valence-electron chi connectivity index (χ4n) is 3.74. The molecule has 0 aromatic carbocycles. The summed E-state index contributed by atoms with van der Waals surface area (Å²) in [4.78, 5) is 0. The van der Waals surface area contributed by atoms with Gasteiger partial charge in [0.15, 0.2) is 0 Å². The van der Waals surface area contributed by atoms with E-state index in [0.29, 0.717) is 24.9 Å². The molecule has 2 fully saturated rings. The molecule has 2 atom stereocenters. The zero-order chi connectivity index (χ0) is 15.8. The van der Waals surface area contributed by atoms with E-state index in [0.717, 1.165) is 18.4 Å². The molecule has 0 bridgehead atoms. The maximum Gasteiger partial charge on any atom is 0.127 e. The van der Waals surface area contributed by atoms with Crippen LogP contribution in [0.3, 0.4) is 0 Å². The van der Waals surface area contributed by atoms with Gasteiger partial charge in [-0.1, -0.05) is 31.9 Å². The Bertz CT molecular complexity index is 362. The van der Waals surface area contributed by atoms with Crippen LogP contribution in [0.4, 0.5) is 8.78 Å². The zero-order valence-electron chi connectivity index (χ0n) is 13.8. The van der Waals surface area contributed by atoms with Gasteiger partial charge in [-0.25, -0.2) is 8.78 Å². The summed E-state index contributed by atoms with van der Waals surface area (Å²) in [5.74, 6) is 1.61. The molecule has 0 amide bonds. The van der Waals surface area contributed by atoms with E-state index in [4.69, 9.17) is 4.74 Å². The molecule has 126 valence electrons. The van der Waals surface area contributed by atoms with Crippen LogP contribution >= 0.6 is 0 Å². The van der Waals surface area contributed by atoms with Crippen LogP contribution in [0.5, 0.6) is 0 Å².